The first kappa shape index (κ1) is 13.3. The van der Waals surface area contributed by atoms with E-state index in [0.717, 1.165) is 20.6 Å². The van der Waals surface area contributed by atoms with E-state index >= 15 is 0 Å². The number of imidazole rings is 1. The quantitative estimate of drug-likeness (QED) is 0.753. The normalized spacial score (nSPS) is 12.5. The summed E-state index contributed by atoms with van der Waals surface area (Å²) in [5.41, 5.74) is 2.54. The van der Waals surface area contributed by atoms with Gasteiger partial charge in [0.1, 0.15) is 5.82 Å². The van der Waals surface area contributed by atoms with Gasteiger partial charge in [0.05, 0.1) is 26.4 Å². The number of rotatable bonds is 3. The van der Waals surface area contributed by atoms with Crippen molar-refractivity contribution in [3.8, 4) is 0 Å². The van der Waals surface area contributed by atoms with Crippen LogP contribution in [-0.4, -0.2) is 15.9 Å². The van der Waals surface area contributed by atoms with Crippen LogP contribution in [0.3, 0.4) is 0 Å². The first-order valence-electron chi connectivity index (χ1n) is 6.13. The summed E-state index contributed by atoms with van der Waals surface area (Å²) in [7, 11) is 0. The maximum Gasteiger partial charge on any atom is 0.252 e. The SMILES string of the molecule is CC(NC(=O)c1csc(Br)c1)c1nc2ccccc2[nH]1. The highest BCUT2D eigenvalue weighted by Gasteiger charge is 2.15. The van der Waals surface area contributed by atoms with E-state index in [1.807, 2.05) is 42.6 Å². The minimum absolute atomic E-state index is 0.0973. The summed E-state index contributed by atoms with van der Waals surface area (Å²) in [5, 5.41) is 4.76. The fraction of sp³-hybridized carbons (Fsp3) is 0.143. The third-order valence-electron chi connectivity index (χ3n) is 3.00. The van der Waals surface area contributed by atoms with Gasteiger partial charge in [-0.1, -0.05) is 12.1 Å². The minimum Gasteiger partial charge on any atom is -0.342 e. The summed E-state index contributed by atoms with van der Waals surface area (Å²) in [6.45, 7) is 1.91. The summed E-state index contributed by atoms with van der Waals surface area (Å²) in [4.78, 5) is 19.8. The molecule has 3 aromatic rings. The van der Waals surface area contributed by atoms with Crippen molar-refractivity contribution >= 4 is 44.2 Å². The number of carbonyl (C=O) groups is 1. The van der Waals surface area contributed by atoms with Gasteiger partial charge in [-0.05, 0) is 41.1 Å². The monoisotopic (exact) mass is 349 g/mol. The molecule has 0 fully saturated rings. The van der Waals surface area contributed by atoms with Gasteiger partial charge in [-0.3, -0.25) is 4.79 Å². The zero-order valence-electron chi connectivity index (χ0n) is 10.7. The molecule has 20 heavy (non-hydrogen) atoms. The molecule has 0 saturated heterocycles. The Kier molecular flexibility index (Phi) is 3.58. The lowest BCUT2D eigenvalue weighted by Gasteiger charge is -2.10. The van der Waals surface area contributed by atoms with E-state index in [9.17, 15) is 4.79 Å². The highest BCUT2D eigenvalue weighted by Crippen LogP contribution is 2.21. The van der Waals surface area contributed by atoms with Crippen LogP contribution < -0.4 is 5.32 Å². The molecule has 2 N–H and O–H groups in total. The minimum atomic E-state index is -0.173. The Hall–Kier alpha value is -1.66. The van der Waals surface area contributed by atoms with E-state index in [4.69, 9.17) is 0 Å². The molecule has 2 heterocycles. The Labute approximate surface area is 128 Å². The molecule has 0 spiro atoms. The van der Waals surface area contributed by atoms with Gasteiger partial charge in [0.15, 0.2) is 0 Å². The number of fused-ring (bicyclic) bond motifs is 1. The van der Waals surface area contributed by atoms with Crippen molar-refractivity contribution in [2.75, 3.05) is 0 Å². The molecule has 102 valence electrons. The van der Waals surface area contributed by atoms with Crippen LogP contribution in [0.25, 0.3) is 11.0 Å². The number of nitrogens with one attached hydrogen (secondary N) is 2. The third kappa shape index (κ3) is 2.62. The van der Waals surface area contributed by atoms with Crippen molar-refractivity contribution < 1.29 is 4.79 Å². The number of para-hydroxylation sites is 2. The zero-order chi connectivity index (χ0) is 14.1. The second kappa shape index (κ2) is 5.38. The van der Waals surface area contributed by atoms with Crippen molar-refractivity contribution in [2.24, 2.45) is 0 Å². The molecule has 6 heteroatoms. The van der Waals surface area contributed by atoms with Crippen LogP contribution in [-0.2, 0) is 0 Å². The number of thiophene rings is 1. The lowest BCUT2D eigenvalue weighted by Crippen LogP contribution is -2.26. The van der Waals surface area contributed by atoms with Gasteiger partial charge in [-0.15, -0.1) is 11.3 Å². The molecule has 1 unspecified atom stereocenters. The second-order valence-corrected chi connectivity index (χ2v) is 6.76. The zero-order valence-corrected chi connectivity index (χ0v) is 13.1. The molecule has 1 atom stereocenters. The van der Waals surface area contributed by atoms with Crippen LogP contribution >= 0.6 is 27.3 Å². The number of halogens is 1. The topological polar surface area (TPSA) is 57.8 Å². The van der Waals surface area contributed by atoms with Crippen molar-refractivity contribution in [3.05, 3.63) is 50.9 Å². The number of H-pyrrole nitrogens is 1. The summed E-state index contributed by atoms with van der Waals surface area (Å²) >= 11 is 4.85. The average Bonchev–Trinajstić information content (AvgIpc) is 3.04. The maximum absolute atomic E-state index is 12.1. The van der Waals surface area contributed by atoms with Crippen molar-refractivity contribution in [1.82, 2.24) is 15.3 Å². The predicted octanol–water partition coefficient (Wildman–Crippen LogP) is 3.88. The largest absolute Gasteiger partial charge is 0.342 e. The lowest BCUT2D eigenvalue weighted by atomic mass is 10.2. The summed E-state index contributed by atoms with van der Waals surface area (Å²) in [6.07, 6.45) is 0. The number of carbonyl (C=O) groups excluding carboxylic acids is 1. The molecule has 4 nitrogen and oxygen atoms in total. The molecule has 0 radical (unpaired) electrons. The van der Waals surface area contributed by atoms with Gasteiger partial charge < -0.3 is 10.3 Å². The molecular weight excluding hydrogens is 338 g/mol. The number of hydrogen-bond donors (Lipinski definition) is 2. The highest BCUT2D eigenvalue weighted by atomic mass is 79.9. The smallest absolute Gasteiger partial charge is 0.252 e. The van der Waals surface area contributed by atoms with E-state index in [1.54, 1.807) is 0 Å². The van der Waals surface area contributed by atoms with Gasteiger partial charge in [-0.25, -0.2) is 4.98 Å². The predicted molar refractivity (Wildman–Crippen MR) is 84.0 cm³/mol. The first-order chi connectivity index (χ1) is 9.63. The maximum atomic E-state index is 12.1. The Morgan fingerprint density at radius 1 is 1.45 bits per heavy atom. The first-order valence-corrected chi connectivity index (χ1v) is 7.80. The van der Waals surface area contributed by atoms with Crippen LogP contribution in [0.15, 0.2) is 39.5 Å². The molecular formula is C14H12BrN3OS. The molecule has 0 aliphatic rings. The fourth-order valence-electron chi connectivity index (χ4n) is 1.96. The standard InChI is InChI=1S/C14H12BrN3OS/c1-8(16-14(19)9-6-12(15)20-7-9)13-17-10-4-2-3-5-11(10)18-13/h2-8H,1H3,(H,16,19)(H,17,18). The number of benzene rings is 1. The van der Waals surface area contributed by atoms with Gasteiger partial charge in [-0.2, -0.15) is 0 Å². The number of nitrogens with zero attached hydrogens (tertiary/aromatic N) is 1. The van der Waals surface area contributed by atoms with Crippen molar-refractivity contribution in [2.45, 2.75) is 13.0 Å². The van der Waals surface area contributed by atoms with Crippen LogP contribution in [0, 0.1) is 0 Å². The molecule has 3 rings (SSSR count). The van der Waals surface area contributed by atoms with Crippen LogP contribution in [0.2, 0.25) is 0 Å². The van der Waals surface area contributed by atoms with Gasteiger partial charge in [0.2, 0.25) is 0 Å². The van der Waals surface area contributed by atoms with Crippen LogP contribution in [0.5, 0.6) is 0 Å². The molecule has 1 amide bonds. The Morgan fingerprint density at radius 2 is 2.25 bits per heavy atom. The van der Waals surface area contributed by atoms with E-state index in [0.29, 0.717) is 5.56 Å². The summed E-state index contributed by atoms with van der Waals surface area (Å²) in [6, 6.07) is 9.45. The van der Waals surface area contributed by atoms with Gasteiger partial charge in [0.25, 0.3) is 5.91 Å². The molecule has 0 bridgehead atoms. The molecule has 1 aromatic carbocycles. The van der Waals surface area contributed by atoms with E-state index in [1.165, 1.54) is 11.3 Å². The summed E-state index contributed by atoms with van der Waals surface area (Å²) < 4.78 is 0.944. The average molecular weight is 350 g/mol. The van der Waals surface area contributed by atoms with E-state index < -0.39 is 0 Å². The van der Waals surface area contributed by atoms with Gasteiger partial charge >= 0.3 is 0 Å². The number of aromatic nitrogens is 2. The number of aromatic amines is 1. The van der Waals surface area contributed by atoms with Crippen LogP contribution in [0.1, 0.15) is 29.1 Å². The molecule has 0 aliphatic heterocycles. The second-order valence-electron chi connectivity index (χ2n) is 4.47. The Balaban J connectivity index is 1.78. The van der Waals surface area contributed by atoms with Crippen LogP contribution in [0.4, 0.5) is 0 Å². The molecule has 0 aliphatic carbocycles. The van der Waals surface area contributed by atoms with E-state index in [-0.39, 0.29) is 11.9 Å². The lowest BCUT2D eigenvalue weighted by molar-refractivity contribution is 0.0939. The molecule has 0 saturated carbocycles. The Bertz CT molecular complexity index is 731. The van der Waals surface area contributed by atoms with Crippen molar-refractivity contribution in [3.63, 3.8) is 0 Å². The molecule has 2 aromatic heterocycles. The van der Waals surface area contributed by atoms with E-state index in [2.05, 4.69) is 31.2 Å². The Morgan fingerprint density at radius 3 is 2.95 bits per heavy atom. The van der Waals surface area contributed by atoms with Crippen molar-refractivity contribution in [1.29, 1.82) is 0 Å². The highest BCUT2D eigenvalue weighted by molar-refractivity contribution is 9.11. The number of amides is 1. The summed E-state index contributed by atoms with van der Waals surface area (Å²) in [5.74, 6) is 0.661. The number of hydrogen-bond acceptors (Lipinski definition) is 3. The van der Waals surface area contributed by atoms with Gasteiger partial charge in [0, 0.05) is 5.38 Å². The fourth-order valence-corrected chi connectivity index (χ4v) is 3.09. The third-order valence-corrected chi connectivity index (χ3v) is 4.50.